The number of fused-ring (bicyclic) bond motifs is 1. The Balaban J connectivity index is 1.66. The number of benzene rings is 1. The number of nitrogens with zero attached hydrogens (tertiary/aromatic N) is 1. The Morgan fingerprint density at radius 2 is 1.76 bits per heavy atom. The smallest absolute Gasteiger partial charge is 0.166 e. The number of rotatable bonds is 4. The molecule has 1 fully saturated rings. The summed E-state index contributed by atoms with van der Waals surface area (Å²) in [6.07, 6.45) is 8.84. The molecule has 0 aromatic heterocycles. The Labute approximate surface area is 128 Å². The number of aryl methyl sites for hydroxylation is 2. The second-order valence-corrected chi connectivity index (χ2v) is 6.82. The maximum Gasteiger partial charge on any atom is 0.166 e. The summed E-state index contributed by atoms with van der Waals surface area (Å²) in [5.74, 6) is 0.443. The summed E-state index contributed by atoms with van der Waals surface area (Å²) in [6, 6.07) is 6.41. The van der Waals surface area contributed by atoms with Crippen LogP contribution in [0.3, 0.4) is 0 Å². The van der Waals surface area contributed by atoms with Gasteiger partial charge < -0.3 is 4.90 Å². The average Bonchev–Trinajstić information content (AvgIpc) is 2.54. The van der Waals surface area contributed by atoms with Crippen molar-refractivity contribution in [1.82, 2.24) is 4.90 Å². The molecular weight excluding hydrogens is 258 g/mol. The molecular formula is C19H27NO. The molecule has 114 valence electrons. The lowest BCUT2D eigenvalue weighted by molar-refractivity contribution is 0.0883. The van der Waals surface area contributed by atoms with Crippen molar-refractivity contribution in [1.29, 1.82) is 0 Å². The fourth-order valence-electron chi connectivity index (χ4n) is 3.78. The molecule has 2 heteroatoms. The predicted molar refractivity (Wildman–Crippen MR) is 86.9 cm³/mol. The highest BCUT2D eigenvalue weighted by molar-refractivity contribution is 5.98. The van der Waals surface area contributed by atoms with E-state index in [9.17, 15) is 4.79 Å². The van der Waals surface area contributed by atoms with Crippen LogP contribution >= 0.6 is 0 Å². The Hall–Kier alpha value is -1.15. The standard InChI is InChI=1S/C19H27NO/c1-15(14-20-11-5-2-6-12-20)19(21)18-10-9-16-7-3-4-8-17(16)13-18/h9-10,13,15H,2-8,11-12,14H2,1H3. The highest BCUT2D eigenvalue weighted by Gasteiger charge is 2.21. The minimum absolute atomic E-state index is 0.116. The van der Waals surface area contributed by atoms with Crippen molar-refractivity contribution in [3.63, 3.8) is 0 Å². The van der Waals surface area contributed by atoms with Crippen molar-refractivity contribution in [3.05, 3.63) is 34.9 Å². The molecule has 1 heterocycles. The zero-order valence-electron chi connectivity index (χ0n) is 13.2. The van der Waals surface area contributed by atoms with Crippen molar-refractivity contribution in [2.75, 3.05) is 19.6 Å². The Kier molecular flexibility index (Phi) is 4.74. The van der Waals surface area contributed by atoms with Crippen LogP contribution < -0.4 is 0 Å². The monoisotopic (exact) mass is 285 g/mol. The van der Waals surface area contributed by atoms with Crippen LogP contribution in [-0.2, 0) is 12.8 Å². The molecule has 1 aliphatic carbocycles. The maximum absolute atomic E-state index is 12.7. The van der Waals surface area contributed by atoms with Gasteiger partial charge in [-0.2, -0.15) is 0 Å². The van der Waals surface area contributed by atoms with Crippen LogP contribution in [0.25, 0.3) is 0 Å². The summed E-state index contributed by atoms with van der Waals surface area (Å²) in [4.78, 5) is 15.1. The number of carbonyl (C=O) groups excluding carboxylic acids is 1. The number of Topliss-reactive ketones (excluding diaryl/α,β-unsaturated/α-hetero) is 1. The summed E-state index contributed by atoms with van der Waals surface area (Å²) in [6.45, 7) is 5.36. The van der Waals surface area contributed by atoms with Crippen molar-refractivity contribution in [2.45, 2.75) is 51.9 Å². The molecule has 1 aromatic rings. The molecule has 2 nitrogen and oxygen atoms in total. The van der Waals surface area contributed by atoms with E-state index in [4.69, 9.17) is 0 Å². The molecule has 0 N–H and O–H groups in total. The topological polar surface area (TPSA) is 20.3 Å². The van der Waals surface area contributed by atoms with Gasteiger partial charge in [-0.1, -0.05) is 25.5 Å². The van der Waals surface area contributed by atoms with E-state index in [-0.39, 0.29) is 5.92 Å². The lowest BCUT2D eigenvalue weighted by atomic mass is 9.88. The quantitative estimate of drug-likeness (QED) is 0.783. The van der Waals surface area contributed by atoms with E-state index in [2.05, 4.69) is 30.0 Å². The fraction of sp³-hybridized carbons (Fsp3) is 0.632. The zero-order valence-corrected chi connectivity index (χ0v) is 13.2. The SMILES string of the molecule is CC(CN1CCCCC1)C(=O)c1ccc2c(c1)CCCC2. The van der Waals surface area contributed by atoms with Crippen LogP contribution in [0.4, 0.5) is 0 Å². The normalized spacial score (nSPS) is 20.8. The third kappa shape index (κ3) is 3.55. The van der Waals surface area contributed by atoms with Crippen LogP contribution in [0.1, 0.15) is 60.5 Å². The molecule has 3 rings (SSSR count). The summed E-state index contributed by atoms with van der Waals surface area (Å²) < 4.78 is 0. The molecule has 2 aliphatic rings. The van der Waals surface area contributed by atoms with Gasteiger partial charge in [0.25, 0.3) is 0 Å². The minimum Gasteiger partial charge on any atom is -0.303 e. The lowest BCUT2D eigenvalue weighted by Gasteiger charge is -2.28. The van der Waals surface area contributed by atoms with Gasteiger partial charge in [0.1, 0.15) is 0 Å². The van der Waals surface area contributed by atoms with Crippen molar-refractivity contribution in [2.24, 2.45) is 5.92 Å². The summed E-state index contributed by atoms with van der Waals surface area (Å²) >= 11 is 0. The van der Waals surface area contributed by atoms with Crippen LogP contribution in [-0.4, -0.2) is 30.3 Å². The highest BCUT2D eigenvalue weighted by Crippen LogP contribution is 2.23. The van der Waals surface area contributed by atoms with Gasteiger partial charge in [0.15, 0.2) is 5.78 Å². The van der Waals surface area contributed by atoms with Gasteiger partial charge in [0.05, 0.1) is 0 Å². The number of hydrogen-bond donors (Lipinski definition) is 0. The van der Waals surface area contributed by atoms with Gasteiger partial charge in [0.2, 0.25) is 0 Å². The molecule has 0 radical (unpaired) electrons. The van der Waals surface area contributed by atoms with Gasteiger partial charge in [-0.05, 0) is 68.8 Å². The number of likely N-dealkylation sites (tertiary alicyclic amines) is 1. The zero-order chi connectivity index (χ0) is 14.7. The Morgan fingerprint density at radius 3 is 2.52 bits per heavy atom. The van der Waals surface area contributed by atoms with Gasteiger partial charge in [-0.3, -0.25) is 4.79 Å². The molecule has 1 atom stereocenters. The first-order valence-electron chi connectivity index (χ1n) is 8.62. The second-order valence-electron chi connectivity index (χ2n) is 6.82. The van der Waals surface area contributed by atoms with E-state index >= 15 is 0 Å². The maximum atomic E-state index is 12.7. The molecule has 0 spiro atoms. The van der Waals surface area contributed by atoms with Gasteiger partial charge in [0, 0.05) is 18.0 Å². The van der Waals surface area contributed by atoms with Crippen LogP contribution in [0, 0.1) is 5.92 Å². The van der Waals surface area contributed by atoms with E-state index in [1.807, 2.05) is 0 Å². The molecule has 0 bridgehead atoms. The summed E-state index contributed by atoms with van der Waals surface area (Å²) in [5.41, 5.74) is 3.80. The first-order chi connectivity index (χ1) is 10.2. The number of piperidine rings is 1. The van der Waals surface area contributed by atoms with Gasteiger partial charge in [-0.25, -0.2) is 0 Å². The largest absolute Gasteiger partial charge is 0.303 e. The molecule has 21 heavy (non-hydrogen) atoms. The van der Waals surface area contributed by atoms with Crippen molar-refractivity contribution < 1.29 is 4.79 Å². The van der Waals surface area contributed by atoms with E-state index in [0.717, 1.165) is 18.5 Å². The van der Waals surface area contributed by atoms with E-state index < -0.39 is 0 Å². The van der Waals surface area contributed by atoms with E-state index in [0.29, 0.717) is 5.78 Å². The highest BCUT2D eigenvalue weighted by atomic mass is 16.1. The molecule has 0 amide bonds. The van der Waals surface area contributed by atoms with E-state index in [1.165, 1.54) is 62.7 Å². The third-order valence-corrected chi connectivity index (χ3v) is 5.06. The first kappa shape index (κ1) is 14.8. The fourth-order valence-corrected chi connectivity index (χ4v) is 3.78. The van der Waals surface area contributed by atoms with Crippen molar-refractivity contribution in [3.8, 4) is 0 Å². The number of carbonyl (C=O) groups is 1. The van der Waals surface area contributed by atoms with E-state index in [1.54, 1.807) is 0 Å². The molecule has 1 saturated heterocycles. The average molecular weight is 285 g/mol. The molecule has 1 aromatic carbocycles. The minimum atomic E-state index is 0.116. The van der Waals surface area contributed by atoms with Gasteiger partial charge in [-0.15, -0.1) is 0 Å². The summed E-state index contributed by atoms with van der Waals surface area (Å²) in [5, 5.41) is 0. The number of ketones is 1. The van der Waals surface area contributed by atoms with Crippen LogP contribution in [0.5, 0.6) is 0 Å². The second kappa shape index (κ2) is 6.74. The lowest BCUT2D eigenvalue weighted by Crippen LogP contribution is -2.35. The van der Waals surface area contributed by atoms with Crippen LogP contribution in [0.2, 0.25) is 0 Å². The van der Waals surface area contributed by atoms with Crippen LogP contribution in [0.15, 0.2) is 18.2 Å². The summed E-state index contributed by atoms with van der Waals surface area (Å²) in [7, 11) is 0. The Bertz CT molecular complexity index is 502. The number of hydrogen-bond acceptors (Lipinski definition) is 2. The predicted octanol–water partition coefficient (Wildman–Crippen LogP) is 3.87. The van der Waals surface area contributed by atoms with Crippen molar-refractivity contribution >= 4 is 5.78 Å². The molecule has 1 aliphatic heterocycles. The Morgan fingerprint density at radius 1 is 1.05 bits per heavy atom. The molecule has 1 unspecified atom stereocenters. The van der Waals surface area contributed by atoms with Gasteiger partial charge >= 0.3 is 0 Å². The molecule has 0 saturated carbocycles. The third-order valence-electron chi connectivity index (χ3n) is 5.06. The first-order valence-corrected chi connectivity index (χ1v) is 8.62.